The number of β-amino-alcohol motifs (C(OH)–C–C–N with tert-alkyl or cyclic N) is 1. The molecule has 5 rings (SSSR count). The summed E-state index contributed by atoms with van der Waals surface area (Å²) in [5.74, 6) is 1.62. The molecule has 29 heavy (non-hydrogen) atoms. The van der Waals surface area contributed by atoms with Gasteiger partial charge in [0.1, 0.15) is 5.82 Å². The Morgan fingerprint density at radius 1 is 0.966 bits per heavy atom. The lowest BCUT2D eigenvalue weighted by Crippen LogP contribution is -2.37. The van der Waals surface area contributed by atoms with Gasteiger partial charge in [-0.25, -0.2) is 4.98 Å². The van der Waals surface area contributed by atoms with Crippen molar-refractivity contribution in [1.82, 2.24) is 14.5 Å². The Bertz CT molecular complexity index is 875. The van der Waals surface area contributed by atoms with Crippen LogP contribution in [0.3, 0.4) is 0 Å². The van der Waals surface area contributed by atoms with Crippen LogP contribution >= 0.6 is 0 Å². The zero-order valence-electron chi connectivity index (χ0n) is 16.5. The average molecular weight is 396 g/mol. The summed E-state index contributed by atoms with van der Waals surface area (Å²) in [6, 6.07) is 5.96. The molecule has 0 aromatic carbocycles. The Kier molecular flexibility index (Phi) is 4.72. The molecule has 3 atom stereocenters. The first-order chi connectivity index (χ1) is 14.1. The molecule has 0 saturated carbocycles. The Hall–Kier alpha value is -2.51. The van der Waals surface area contributed by atoms with E-state index in [-0.39, 0.29) is 30.1 Å². The van der Waals surface area contributed by atoms with Crippen molar-refractivity contribution < 1.29 is 15.3 Å². The molecule has 2 aromatic rings. The van der Waals surface area contributed by atoms with Crippen molar-refractivity contribution in [3.8, 4) is 11.8 Å². The van der Waals surface area contributed by atoms with Crippen molar-refractivity contribution in [3.05, 3.63) is 47.7 Å². The van der Waals surface area contributed by atoms with Crippen molar-refractivity contribution >= 4 is 5.82 Å². The Balaban J connectivity index is 1.22. The highest BCUT2D eigenvalue weighted by atomic mass is 16.3. The first kappa shape index (κ1) is 18.5. The number of aromatic hydroxyl groups is 2. The smallest absolute Gasteiger partial charge is 0.198 e. The number of aromatic nitrogens is 2. The predicted octanol–water partition coefficient (Wildman–Crippen LogP) is 2.01. The van der Waals surface area contributed by atoms with Crippen molar-refractivity contribution in [2.24, 2.45) is 0 Å². The molecule has 0 spiro atoms. The molecule has 1 aliphatic heterocycles. The molecule has 1 saturated heterocycles. The number of hydrogen-bond acceptors (Lipinski definition) is 6. The van der Waals surface area contributed by atoms with Gasteiger partial charge < -0.3 is 20.2 Å². The molecule has 154 valence electrons. The number of fused-ring (bicyclic) bond motifs is 5. The van der Waals surface area contributed by atoms with E-state index in [2.05, 4.69) is 26.9 Å². The van der Waals surface area contributed by atoms with Crippen LogP contribution in [0.5, 0.6) is 11.8 Å². The minimum absolute atomic E-state index is 0.116. The fourth-order valence-corrected chi connectivity index (χ4v) is 5.15. The number of nitrogens with zero attached hydrogens (tertiary/aromatic N) is 4. The number of anilines is 1. The van der Waals surface area contributed by atoms with Crippen molar-refractivity contribution in [2.45, 2.75) is 37.3 Å². The third-order valence-corrected chi connectivity index (χ3v) is 6.53. The van der Waals surface area contributed by atoms with Gasteiger partial charge in [0, 0.05) is 55.3 Å². The van der Waals surface area contributed by atoms with Crippen LogP contribution in [-0.4, -0.2) is 68.6 Å². The highest BCUT2D eigenvalue weighted by Crippen LogP contribution is 2.56. The maximum absolute atomic E-state index is 10.7. The summed E-state index contributed by atoms with van der Waals surface area (Å²) in [6.45, 7) is 4.29. The van der Waals surface area contributed by atoms with Gasteiger partial charge in [0.05, 0.1) is 12.6 Å². The van der Waals surface area contributed by atoms with E-state index in [1.165, 1.54) is 4.57 Å². The van der Waals surface area contributed by atoms with E-state index < -0.39 is 6.10 Å². The highest BCUT2D eigenvalue weighted by Gasteiger charge is 2.41. The van der Waals surface area contributed by atoms with Crippen molar-refractivity contribution in [1.29, 1.82) is 0 Å². The molecule has 1 fully saturated rings. The van der Waals surface area contributed by atoms with Crippen LogP contribution in [0.25, 0.3) is 0 Å². The second-order valence-electron chi connectivity index (χ2n) is 8.40. The molecule has 3 N–H and O–H groups in total. The molecule has 2 bridgehead atoms. The monoisotopic (exact) mass is 396 g/mol. The van der Waals surface area contributed by atoms with E-state index in [1.807, 2.05) is 24.4 Å². The van der Waals surface area contributed by atoms with E-state index in [1.54, 1.807) is 0 Å². The normalized spacial score (nSPS) is 24.7. The van der Waals surface area contributed by atoms with Crippen LogP contribution in [0.4, 0.5) is 5.82 Å². The van der Waals surface area contributed by atoms with Crippen molar-refractivity contribution in [3.63, 3.8) is 0 Å². The minimum atomic E-state index is -0.661. The van der Waals surface area contributed by atoms with Gasteiger partial charge in [-0.1, -0.05) is 18.2 Å². The predicted molar refractivity (Wildman–Crippen MR) is 111 cm³/mol. The standard InChI is InChI=1S/C22H28N4O3/c27-17(13-24-8-3-9-25(11-10-24)18-4-1-2-7-23-18)14-26-21(28)19-15-5-6-16(12-15)20(19)22(26)29/h1-2,4-7,15-17,27-29H,3,8-14H2/t15-,16?,17?/m0/s1. The fourth-order valence-electron chi connectivity index (χ4n) is 5.15. The van der Waals surface area contributed by atoms with Crippen LogP contribution in [0.15, 0.2) is 36.5 Å². The summed E-state index contributed by atoms with van der Waals surface area (Å²) in [5.41, 5.74) is 1.70. The van der Waals surface area contributed by atoms with E-state index in [4.69, 9.17) is 0 Å². The third kappa shape index (κ3) is 3.28. The molecule has 7 heteroatoms. The van der Waals surface area contributed by atoms with Crippen LogP contribution < -0.4 is 4.90 Å². The number of allylic oxidation sites excluding steroid dienone is 2. The SMILES string of the molecule is Oc1c2c(c(O)n1CC(O)CN1CCCN(c3ccccn3)CC1)[C@H]1C=CC2C1. The van der Waals surface area contributed by atoms with E-state index in [9.17, 15) is 15.3 Å². The second kappa shape index (κ2) is 7.39. The van der Waals surface area contributed by atoms with E-state index >= 15 is 0 Å². The van der Waals surface area contributed by atoms with Gasteiger partial charge in [-0.3, -0.25) is 9.47 Å². The molecule has 2 aromatic heterocycles. The van der Waals surface area contributed by atoms with Crippen LogP contribution in [-0.2, 0) is 6.54 Å². The van der Waals surface area contributed by atoms with Gasteiger partial charge in [0.15, 0.2) is 11.8 Å². The zero-order chi connectivity index (χ0) is 20.0. The van der Waals surface area contributed by atoms with Crippen molar-refractivity contribution in [2.75, 3.05) is 37.6 Å². The van der Waals surface area contributed by atoms with Crippen LogP contribution in [0.1, 0.15) is 35.8 Å². The summed E-state index contributed by atoms with van der Waals surface area (Å²) in [4.78, 5) is 8.98. The number of hydrogen-bond donors (Lipinski definition) is 3. The molecule has 7 nitrogen and oxygen atoms in total. The summed E-state index contributed by atoms with van der Waals surface area (Å²) in [6.07, 6.45) is 7.32. The van der Waals surface area contributed by atoms with Crippen LogP contribution in [0, 0.1) is 0 Å². The van der Waals surface area contributed by atoms with E-state index in [0.29, 0.717) is 6.54 Å². The van der Waals surface area contributed by atoms with Gasteiger partial charge >= 0.3 is 0 Å². The molecule has 0 amide bonds. The number of aliphatic hydroxyl groups is 1. The number of aliphatic hydroxyl groups excluding tert-OH is 1. The summed E-state index contributed by atoms with van der Waals surface area (Å²) < 4.78 is 1.49. The number of rotatable bonds is 5. The second-order valence-corrected chi connectivity index (χ2v) is 8.40. The maximum atomic E-state index is 10.7. The molecule has 3 heterocycles. The average Bonchev–Trinajstić information content (AvgIpc) is 3.35. The van der Waals surface area contributed by atoms with Gasteiger partial charge in [0.2, 0.25) is 0 Å². The molecule has 2 unspecified atom stereocenters. The summed E-state index contributed by atoms with van der Waals surface area (Å²) >= 11 is 0. The van der Waals surface area contributed by atoms with Gasteiger partial charge in [-0.2, -0.15) is 0 Å². The minimum Gasteiger partial charge on any atom is -0.494 e. The molecular formula is C22H28N4O3. The lowest BCUT2D eigenvalue weighted by Gasteiger charge is -2.25. The molecular weight excluding hydrogens is 368 g/mol. The Morgan fingerprint density at radius 2 is 1.72 bits per heavy atom. The molecule has 0 radical (unpaired) electrons. The zero-order valence-corrected chi connectivity index (χ0v) is 16.5. The lowest BCUT2D eigenvalue weighted by molar-refractivity contribution is 0.0965. The molecule has 3 aliphatic rings. The first-order valence-corrected chi connectivity index (χ1v) is 10.5. The van der Waals surface area contributed by atoms with Gasteiger partial charge in [-0.05, 0) is 31.5 Å². The topological polar surface area (TPSA) is 85.0 Å². The third-order valence-electron chi connectivity index (χ3n) is 6.53. The highest BCUT2D eigenvalue weighted by molar-refractivity contribution is 5.58. The van der Waals surface area contributed by atoms with Gasteiger partial charge in [-0.15, -0.1) is 0 Å². The number of pyridine rings is 1. The Morgan fingerprint density at radius 3 is 2.41 bits per heavy atom. The van der Waals surface area contributed by atoms with E-state index in [0.717, 1.165) is 56.0 Å². The van der Waals surface area contributed by atoms with Gasteiger partial charge in [0.25, 0.3) is 0 Å². The summed E-state index contributed by atoms with van der Waals surface area (Å²) in [7, 11) is 0. The van der Waals surface area contributed by atoms with Crippen LogP contribution in [0.2, 0.25) is 0 Å². The quantitative estimate of drug-likeness (QED) is 0.671. The fraction of sp³-hybridized carbons (Fsp3) is 0.500. The maximum Gasteiger partial charge on any atom is 0.198 e. The Labute approximate surface area is 170 Å². The lowest BCUT2D eigenvalue weighted by atomic mass is 10.0. The largest absolute Gasteiger partial charge is 0.494 e. The molecule has 2 aliphatic carbocycles. The summed E-state index contributed by atoms with van der Waals surface area (Å²) in [5, 5.41) is 32.0. The first-order valence-electron chi connectivity index (χ1n) is 10.5.